The second kappa shape index (κ2) is 9.47. The Hall–Kier alpha value is -2.60. The highest BCUT2D eigenvalue weighted by Gasteiger charge is 2.26. The minimum atomic E-state index is 0.164. The fourth-order valence-electron chi connectivity index (χ4n) is 4.38. The van der Waals surface area contributed by atoms with Crippen LogP contribution in [-0.4, -0.2) is 34.5 Å². The van der Waals surface area contributed by atoms with Gasteiger partial charge in [-0.05, 0) is 62.6 Å². The molecule has 158 valence electrons. The summed E-state index contributed by atoms with van der Waals surface area (Å²) < 4.78 is 10.7. The second-order valence-corrected chi connectivity index (χ2v) is 8.30. The van der Waals surface area contributed by atoms with Crippen LogP contribution in [0.2, 0.25) is 0 Å². The van der Waals surface area contributed by atoms with Crippen LogP contribution in [0.3, 0.4) is 0 Å². The molecular formula is C24H29N3O3. The van der Waals surface area contributed by atoms with E-state index in [1.807, 2.05) is 25.1 Å². The molecule has 1 aliphatic carbocycles. The zero-order valence-corrected chi connectivity index (χ0v) is 17.8. The van der Waals surface area contributed by atoms with Gasteiger partial charge in [0.25, 0.3) is 0 Å². The van der Waals surface area contributed by atoms with Gasteiger partial charge in [-0.2, -0.15) is 0 Å². The van der Waals surface area contributed by atoms with Gasteiger partial charge >= 0.3 is 0 Å². The summed E-state index contributed by atoms with van der Waals surface area (Å²) in [6, 6.07) is 5.80. The maximum Gasteiger partial charge on any atom is 0.191 e. The van der Waals surface area contributed by atoms with Crippen LogP contribution in [0.4, 0.5) is 0 Å². The Morgan fingerprint density at radius 3 is 2.73 bits per heavy atom. The van der Waals surface area contributed by atoms with Crippen molar-refractivity contribution in [3.63, 3.8) is 0 Å². The molecule has 1 fully saturated rings. The van der Waals surface area contributed by atoms with Crippen molar-refractivity contribution in [2.24, 2.45) is 11.8 Å². The van der Waals surface area contributed by atoms with E-state index in [0.29, 0.717) is 23.9 Å². The molecule has 0 spiro atoms. The third-order valence-corrected chi connectivity index (χ3v) is 6.12. The molecule has 0 amide bonds. The molecule has 0 aliphatic heterocycles. The summed E-state index contributed by atoms with van der Waals surface area (Å²) in [6.07, 6.45) is 10.5. The zero-order valence-electron chi connectivity index (χ0n) is 17.8. The van der Waals surface area contributed by atoms with Gasteiger partial charge in [-0.25, -0.2) is 9.97 Å². The highest BCUT2D eigenvalue weighted by molar-refractivity contribution is 5.85. The summed E-state index contributed by atoms with van der Waals surface area (Å²) in [5.41, 5.74) is 2.34. The minimum Gasteiger partial charge on any atom is -0.439 e. The maximum atomic E-state index is 12.9. The largest absolute Gasteiger partial charge is 0.439 e. The van der Waals surface area contributed by atoms with E-state index in [9.17, 15) is 4.79 Å². The van der Waals surface area contributed by atoms with E-state index in [2.05, 4.69) is 15.0 Å². The van der Waals surface area contributed by atoms with E-state index >= 15 is 0 Å². The van der Waals surface area contributed by atoms with Gasteiger partial charge < -0.3 is 9.15 Å². The summed E-state index contributed by atoms with van der Waals surface area (Å²) in [6.45, 7) is 2.64. The van der Waals surface area contributed by atoms with Crippen molar-refractivity contribution in [3.05, 3.63) is 42.2 Å². The number of rotatable bonds is 8. The third kappa shape index (κ3) is 4.93. The molecular weight excluding hydrogens is 378 g/mol. The van der Waals surface area contributed by atoms with Crippen LogP contribution in [0.5, 0.6) is 0 Å². The van der Waals surface area contributed by atoms with Crippen molar-refractivity contribution in [1.82, 2.24) is 15.0 Å². The topological polar surface area (TPSA) is 78.1 Å². The first-order chi connectivity index (χ1) is 14.6. The smallest absolute Gasteiger partial charge is 0.191 e. The summed E-state index contributed by atoms with van der Waals surface area (Å²) in [7, 11) is 1.75. The number of pyridine rings is 2. The fourth-order valence-corrected chi connectivity index (χ4v) is 4.38. The summed E-state index contributed by atoms with van der Waals surface area (Å²) in [4.78, 5) is 26.2. The average molecular weight is 408 g/mol. The molecule has 3 heterocycles. The van der Waals surface area contributed by atoms with Gasteiger partial charge in [-0.1, -0.05) is 0 Å². The Balaban J connectivity index is 1.39. The lowest BCUT2D eigenvalue weighted by atomic mass is 9.77. The number of aromatic nitrogens is 3. The van der Waals surface area contributed by atoms with E-state index in [0.717, 1.165) is 66.9 Å². The first-order valence-corrected chi connectivity index (χ1v) is 10.8. The van der Waals surface area contributed by atoms with E-state index in [-0.39, 0.29) is 5.92 Å². The van der Waals surface area contributed by atoms with Gasteiger partial charge in [0.05, 0.1) is 11.7 Å². The third-order valence-electron chi connectivity index (χ3n) is 6.12. The Kier molecular flexibility index (Phi) is 6.53. The van der Waals surface area contributed by atoms with Crippen molar-refractivity contribution >= 4 is 16.7 Å². The standard InChI is InChI=1S/C24H29N3O3/c1-16-25-15-24(30-16)21-10-9-19-14-26-20(12-22(19)27-21)13-23(28)18-7-5-17(6-8-18)4-3-11-29-2/h9-10,12,14-15,17-18H,3-8,11,13H2,1-2H3. The molecule has 0 aromatic carbocycles. The number of oxazole rings is 1. The van der Waals surface area contributed by atoms with E-state index < -0.39 is 0 Å². The van der Waals surface area contributed by atoms with E-state index in [1.54, 1.807) is 19.5 Å². The first-order valence-electron chi connectivity index (χ1n) is 10.8. The highest BCUT2D eigenvalue weighted by Crippen LogP contribution is 2.32. The number of carbonyl (C=O) groups excluding carboxylic acids is 1. The van der Waals surface area contributed by atoms with Crippen molar-refractivity contribution < 1.29 is 13.9 Å². The number of ether oxygens (including phenoxy) is 1. The molecule has 3 aromatic heterocycles. The van der Waals surface area contributed by atoms with Crippen LogP contribution in [0, 0.1) is 18.8 Å². The van der Waals surface area contributed by atoms with Crippen LogP contribution in [0.25, 0.3) is 22.4 Å². The van der Waals surface area contributed by atoms with Crippen molar-refractivity contribution in [3.8, 4) is 11.5 Å². The predicted octanol–water partition coefficient (Wildman–Crippen LogP) is 4.94. The van der Waals surface area contributed by atoms with E-state index in [4.69, 9.17) is 9.15 Å². The minimum absolute atomic E-state index is 0.164. The van der Waals surface area contributed by atoms with Gasteiger partial charge in [0.2, 0.25) is 0 Å². The number of nitrogens with zero attached hydrogens (tertiary/aromatic N) is 3. The molecule has 0 atom stereocenters. The Morgan fingerprint density at radius 2 is 2.00 bits per heavy atom. The average Bonchev–Trinajstić information content (AvgIpc) is 3.20. The number of fused-ring (bicyclic) bond motifs is 1. The normalized spacial score (nSPS) is 19.3. The van der Waals surface area contributed by atoms with Crippen LogP contribution < -0.4 is 0 Å². The molecule has 1 saturated carbocycles. The first kappa shape index (κ1) is 20.7. The van der Waals surface area contributed by atoms with Crippen LogP contribution >= 0.6 is 0 Å². The number of carbonyl (C=O) groups is 1. The molecule has 0 unspecified atom stereocenters. The van der Waals surface area contributed by atoms with E-state index in [1.165, 1.54) is 6.42 Å². The SMILES string of the molecule is COCCCC1CCC(C(=O)Cc2cc3nc(-c4cnc(C)o4)ccc3cn2)CC1. The molecule has 0 radical (unpaired) electrons. The second-order valence-electron chi connectivity index (χ2n) is 8.30. The number of Topliss-reactive ketones (excluding diaryl/α,β-unsaturated/α-hetero) is 1. The zero-order chi connectivity index (χ0) is 20.9. The lowest BCUT2D eigenvalue weighted by Crippen LogP contribution is -2.23. The Bertz CT molecular complexity index is 1010. The van der Waals surface area contributed by atoms with Crippen molar-refractivity contribution in [1.29, 1.82) is 0 Å². The van der Waals surface area contributed by atoms with Gasteiger partial charge in [0.1, 0.15) is 11.5 Å². The molecule has 6 heteroatoms. The summed E-state index contributed by atoms with van der Waals surface area (Å²) in [5.74, 6) is 2.47. The molecule has 0 saturated heterocycles. The molecule has 6 nitrogen and oxygen atoms in total. The molecule has 4 rings (SSSR count). The predicted molar refractivity (Wildman–Crippen MR) is 115 cm³/mol. The number of hydrogen-bond donors (Lipinski definition) is 0. The highest BCUT2D eigenvalue weighted by atomic mass is 16.5. The van der Waals surface area contributed by atoms with Crippen LogP contribution in [0.1, 0.15) is 50.1 Å². The van der Waals surface area contributed by atoms with Gasteiger partial charge in [-0.15, -0.1) is 0 Å². The van der Waals surface area contributed by atoms with Crippen LogP contribution in [-0.2, 0) is 16.0 Å². The molecule has 0 N–H and O–H groups in total. The maximum absolute atomic E-state index is 12.9. The monoisotopic (exact) mass is 407 g/mol. The quantitative estimate of drug-likeness (QED) is 0.492. The molecule has 1 aliphatic rings. The molecule has 0 bridgehead atoms. The van der Waals surface area contributed by atoms with Gasteiger partial charge in [-0.3, -0.25) is 9.78 Å². The number of aryl methyl sites for hydroxylation is 1. The molecule has 30 heavy (non-hydrogen) atoms. The van der Waals surface area contributed by atoms with Crippen molar-refractivity contribution in [2.45, 2.75) is 51.9 Å². The van der Waals surface area contributed by atoms with Crippen LogP contribution in [0.15, 0.2) is 35.0 Å². The number of methoxy groups -OCH3 is 1. The fraction of sp³-hybridized carbons (Fsp3) is 0.500. The number of hydrogen-bond acceptors (Lipinski definition) is 6. The van der Waals surface area contributed by atoms with Crippen molar-refractivity contribution in [2.75, 3.05) is 13.7 Å². The lowest BCUT2D eigenvalue weighted by Gasteiger charge is -2.27. The van der Waals surface area contributed by atoms with Gasteiger partial charge in [0.15, 0.2) is 11.7 Å². The van der Waals surface area contributed by atoms with Gasteiger partial charge in [0, 0.05) is 50.3 Å². The number of ketones is 1. The summed E-state index contributed by atoms with van der Waals surface area (Å²) in [5, 5.41) is 0.947. The lowest BCUT2D eigenvalue weighted by molar-refractivity contribution is -0.123. The Labute approximate surface area is 177 Å². The Morgan fingerprint density at radius 1 is 1.17 bits per heavy atom. The summed E-state index contributed by atoms with van der Waals surface area (Å²) >= 11 is 0. The molecule has 3 aromatic rings.